The monoisotopic (exact) mass is 417 g/mol. The molecule has 0 bridgehead atoms. The van der Waals surface area contributed by atoms with Gasteiger partial charge in [0.1, 0.15) is 6.54 Å². The number of benzene rings is 2. The predicted octanol–water partition coefficient (Wildman–Crippen LogP) is 3.96. The van der Waals surface area contributed by atoms with Crippen LogP contribution in [0.4, 0.5) is 5.82 Å². The van der Waals surface area contributed by atoms with Gasteiger partial charge in [-0.1, -0.05) is 71.7 Å². The number of rotatable bonds is 7. The summed E-state index contributed by atoms with van der Waals surface area (Å²) >= 11 is 12.5. The van der Waals surface area contributed by atoms with Gasteiger partial charge in [0.15, 0.2) is 11.0 Å². The van der Waals surface area contributed by atoms with Crippen molar-refractivity contribution in [1.82, 2.24) is 9.55 Å². The van der Waals surface area contributed by atoms with E-state index < -0.39 is 18.1 Å². The SMILES string of the molecule is O=C(O)Cn1c(-c2ccccc2Cl)c(Cl)nc(NCCc2ccccc2)c1=O. The molecule has 0 spiro atoms. The lowest BCUT2D eigenvalue weighted by Gasteiger charge is -2.16. The summed E-state index contributed by atoms with van der Waals surface area (Å²) in [7, 11) is 0. The van der Waals surface area contributed by atoms with Crippen molar-refractivity contribution in [2.24, 2.45) is 0 Å². The molecule has 0 unspecified atom stereocenters. The molecule has 2 aromatic carbocycles. The number of halogens is 2. The highest BCUT2D eigenvalue weighted by molar-refractivity contribution is 6.35. The van der Waals surface area contributed by atoms with Crippen molar-refractivity contribution < 1.29 is 9.90 Å². The molecule has 0 atom stereocenters. The Balaban J connectivity index is 1.97. The van der Waals surface area contributed by atoms with Gasteiger partial charge in [0, 0.05) is 17.1 Å². The lowest BCUT2D eigenvalue weighted by atomic mass is 10.1. The Hall–Kier alpha value is -2.83. The van der Waals surface area contributed by atoms with E-state index in [1.54, 1.807) is 24.3 Å². The second kappa shape index (κ2) is 8.91. The number of nitrogens with one attached hydrogen (secondary N) is 1. The van der Waals surface area contributed by atoms with Crippen LogP contribution < -0.4 is 10.9 Å². The third kappa shape index (κ3) is 4.52. The van der Waals surface area contributed by atoms with Gasteiger partial charge < -0.3 is 10.4 Å². The minimum Gasteiger partial charge on any atom is -0.480 e. The maximum atomic E-state index is 12.9. The normalized spacial score (nSPS) is 10.6. The number of hydrogen-bond acceptors (Lipinski definition) is 4. The van der Waals surface area contributed by atoms with Crippen molar-refractivity contribution in [2.75, 3.05) is 11.9 Å². The molecule has 1 heterocycles. The fraction of sp³-hybridized carbons (Fsp3) is 0.150. The summed E-state index contributed by atoms with van der Waals surface area (Å²) in [5.74, 6) is -1.18. The van der Waals surface area contributed by atoms with Gasteiger partial charge in [-0.2, -0.15) is 0 Å². The number of carboxylic acids is 1. The molecule has 0 aliphatic carbocycles. The average Bonchev–Trinajstić information content (AvgIpc) is 2.67. The number of anilines is 1. The maximum absolute atomic E-state index is 12.9. The van der Waals surface area contributed by atoms with Crippen LogP contribution in [0.2, 0.25) is 10.2 Å². The van der Waals surface area contributed by atoms with Gasteiger partial charge in [0.05, 0.1) is 5.69 Å². The standard InChI is InChI=1S/C20H17Cl2N3O3/c21-15-9-5-4-8-14(15)17-18(22)24-19(20(28)25(17)12-16(26)27)23-11-10-13-6-2-1-3-7-13/h1-9H,10-12H2,(H,23,24)(H,26,27). The molecule has 0 aliphatic rings. The lowest BCUT2D eigenvalue weighted by molar-refractivity contribution is -0.137. The van der Waals surface area contributed by atoms with E-state index in [4.69, 9.17) is 23.2 Å². The van der Waals surface area contributed by atoms with Crippen LogP contribution in [0, 0.1) is 0 Å². The Morgan fingerprint density at radius 3 is 2.43 bits per heavy atom. The Labute approximate surface area is 171 Å². The van der Waals surface area contributed by atoms with Gasteiger partial charge in [-0.25, -0.2) is 4.98 Å². The summed E-state index contributed by atoms with van der Waals surface area (Å²) in [5, 5.41) is 12.6. The van der Waals surface area contributed by atoms with Crippen molar-refractivity contribution >= 4 is 35.0 Å². The van der Waals surface area contributed by atoms with Crippen molar-refractivity contribution in [3.63, 3.8) is 0 Å². The molecule has 0 saturated heterocycles. The summed E-state index contributed by atoms with van der Waals surface area (Å²) in [6.45, 7) is -0.115. The van der Waals surface area contributed by atoms with Crippen LogP contribution in [0.3, 0.4) is 0 Å². The molecule has 28 heavy (non-hydrogen) atoms. The molecule has 1 aromatic heterocycles. The van der Waals surface area contributed by atoms with E-state index in [2.05, 4.69) is 10.3 Å². The highest BCUT2D eigenvalue weighted by Crippen LogP contribution is 2.31. The maximum Gasteiger partial charge on any atom is 0.323 e. The second-order valence-corrected chi connectivity index (χ2v) is 6.79. The molecule has 144 valence electrons. The highest BCUT2D eigenvalue weighted by atomic mass is 35.5. The number of hydrogen-bond donors (Lipinski definition) is 2. The fourth-order valence-electron chi connectivity index (χ4n) is 2.82. The molecule has 8 heteroatoms. The molecule has 0 radical (unpaired) electrons. The summed E-state index contributed by atoms with van der Waals surface area (Å²) in [6.07, 6.45) is 0.671. The van der Waals surface area contributed by atoms with Crippen molar-refractivity contribution in [3.8, 4) is 11.3 Å². The molecular formula is C20H17Cl2N3O3. The molecule has 0 aliphatic heterocycles. The Morgan fingerprint density at radius 2 is 1.75 bits per heavy atom. The Kier molecular flexibility index (Phi) is 6.34. The number of carboxylic acid groups (broad SMARTS) is 1. The van der Waals surface area contributed by atoms with Crippen LogP contribution in [-0.2, 0) is 17.8 Å². The molecule has 3 rings (SSSR count). The lowest BCUT2D eigenvalue weighted by Crippen LogP contribution is -2.30. The molecule has 0 amide bonds. The van der Waals surface area contributed by atoms with Crippen LogP contribution in [0.1, 0.15) is 5.56 Å². The number of carbonyl (C=O) groups is 1. The van der Waals surface area contributed by atoms with Gasteiger partial charge in [-0.15, -0.1) is 0 Å². The van der Waals surface area contributed by atoms with Crippen molar-refractivity contribution in [2.45, 2.75) is 13.0 Å². The third-order valence-corrected chi connectivity index (χ3v) is 4.69. The van der Waals surface area contributed by atoms with E-state index in [1.165, 1.54) is 0 Å². The van der Waals surface area contributed by atoms with E-state index in [1.807, 2.05) is 30.3 Å². The first-order chi connectivity index (χ1) is 13.5. The van der Waals surface area contributed by atoms with Crippen LogP contribution >= 0.6 is 23.2 Å². The van der Waals surface area contributed by atoms with E-state index >= 15 is 0 Å². The minimum absolute atomic E-state index is 0.00187. The zero-order chi connectivity index (χ0) is 20.1. The summed E-state index contributed by atoms with van der Waals surface area (Å²) in [4.78, 5) is 28.4. The van der Waals surface area contributed by atoms with E-state index in [0.717, 1.165) is 10.1 Å². The van der Waals surface area contributed by atoms with Crippen LogP contribution in [-0.4, -0.2) is 27.2 Å². The number of nitrogens with zero attached hydrogens (tertiary/aromatic N) is 2. The molecule has 2 N–H and O–H groups in total. The quantitative estimate of drug-likeness (QED) is 0.607. The Morgan fingerprint density at radius 1 is 1.07 bits per heavy atom. The average molecular weight is 418 g/mol. The molecule has 3 aromatic rings. The van der Waals surface area contributed by atoms with Gasteiger partial charge in [0.25, 0.3) is 5.56 Å². The zero-order valence-electron chi connectivity index (χ0n) is 14.7. The zero-order valence-corrected chi connectivity index (χ0v) is 16.2. The van der Waals surface area contributed by atoms with Crippen LogP contribution in [0.15, 0.2) is 59.4 Å². The smallest absolute Gasteiger partial charge is 0.323 e. The molecule has 0 saturated carbocycles. The first-order valence-electron chi connectivity index (χ1n) is 8.52. The topological polar surface area (TPSA) is 84.2 Å². The summed E-state index contributed by atoms with van der Waals surface area (Å²) in [6, 6.07) is 16.5. The van der Waals surface area contributed by atoms with E-state index in [-0.39, 0.29) is 16.7 Å². The van der Waals surface area contributed by atoms with Gasteiger partial charge in [-0.3, -0.25) is 14.2 Å². The largest absolute Gasteiger partial charge is 0.480 e. The molecule has 6 nitrogen and oxygen atoms in total. The highest BCUT2D eigenvalue weighted by Gasteiger charge is 2.20. The van der Waals surface area contributed by atoms with Crippen molar-refractivity contribution in [3.05, 3.63) is 80.7 Å². The minimum atomic E-state index is -1.17. The Bertz CT molecular complexity index is 1050. The molecular weight excluding hydrogens is 401 g/mol. The second-order valence-electron chi connectivity index (χ2n) is 6.03. The van der Waals surface area contributed by atoms with Gasteiger partial charge >= 0.3 is 5.97 Å². The van der Waals surface area contributed by atoms with Crippen LogP contribution in [0.5, 0.6) is 0 Å². The summed E-state index contributed by atoms with van der Waals surface area (Å²) in [5.41, 5.74) is 1.14. The van der Waals surface area contributed by atoms with E-state index in [9.17, 15) is 14.7 Å². The first-order valence-corrected chi connectivity index (χ1v) is 9.28. The number of aliphatic carboxylic acids is 1. The van der Waals surface area contributed by atoms with Crippen LogP contribution in [0.25, 0.3) is 11.3 Å². The van der Waals surface area contributed by atoms with Gasteiger partial charge in [-0.05, 0) is 18.1 Å². The third-order valence-electron chi connectivity index (χ3n) is 4.09. The summed E-state index contributed by atoms with van der Waals surface area (Å²) < 4.78 is 1.07. The number of aromatic nitrogens is 2. The fourth-order valence-corrected chi connectivity index (χ4v) is 3.33. The van der Waals surface area contributed by atoms with Crippen molar-refractivity contribution in [1.29, 1.82) is 0 Å². The van der Waals surface area contributed by atoms with E-state index in [0.29, 0.717) is 23.6 Å². The predicted molar refractivity (Wildman–Crippen MR) is 110 cm³/mol. The first kappa shape index (κ1) is 19.9. The van der Waals surface area contributed by atoms with Gasteiger partial charge in [0.2, 0.25) is 0 Å². The molecule has 0 fully saturated rings.